The van der Waals surface area contributed by atoms with Gasteiger partial charge in [-0.15, -0.1) is 5.10 Å². The van der Waals surface area contributed by atoms with Gasteiger partial charge in [0.05, 0.1) is 18.1 Å². The minimum Gasteiger partial charge on any atom is -0.480 e. The van der Waals surface area contributed by atoms with Gasteiger partial charge in [0.2, 0.25) is 11.2 Å². The van der Waals surface area contributed by atoms with Crippen molar-refractivity contribution in [1.82, 2.24) is 15.0 Å². The monoisotopic (exact) mass is 441 g/mol. The second-order valence-corrected chi connectivity index (χ2v) is 7.78. The van der Waals surface area contributed by atoms with Gasteiger partial charge in [-0.1, -0.05) is 47.2 Å². The lowest BCUT2D eigenvalue weighted by Gasteiger charge is -2.11. The van der Waals surface area contributed by atoms with Crippen LogP contribution in [-0.2, 0) is 13.2 Å². The zero-order valence-electron chi connectivity index (χ0n) is 17.9. The molecule has 7 heteroatoms. The Morgan fingerprint density at radius 3 is 2.61 bits per heavy atom. The molecule has 0 radical (unpaired) electrons. The zero-order valence-corrected chi connectivity index (χ0v) is 17.9. The van der Waals surface area contributed by atoms with Crippen LogP contribution in [-0.4, -0.2) is 15.0 Å². The lowest BCUT2D eigenvalue weighted by atomic mass is 10.1. The van der Waals surface area contributed by atoms with Gasteiger partial charge in [0.25, 0.3) is 0 Å². The Balaban J connectivity index is 1.48. The first-order valence-corrected chi connectivity index (χ1v) is 10.5. The summed E-state index contributed by atoms with van der Waals surface area (Å²) >= 11 is 0. The average molecular weight is 441 g/mol. The average Bonchev–Trinajstić information content (AvgIpc) is 3.27. The summed E-state index contributed by atoms with van der Waals surface area (Å²) in [6, 6.07) is 21.0. The van der Waals surface area contributed by atoms with Crippen molar-refractivity contribution in [2.24, 2.45) is 0 Å². The Morgan fingerprint density at radius 1 is 1.03 bits per heavy atom. The van der Waals surface area contributed by atoms with Crippen LogP contribution < -0.4 is 10.2 Å². The van der Waals surface area contributed by atoms with E-state index in [1.807, 2.05) is 43.3 Å². The van der Waals surface area contributed by atoms with Crippen LogP contribution in [0.3, 0.4) is 0 Å². The van der Waals surface area contributed by atoms with Crippen molar-refractivity contribution < 1.29 is 13.5 Å². The highest BCUT2D eigenvalue weighted by Gasteiger charge is 2.19. The molecule has 0 aliphatic carbocycles. The minimum atomic E-state index is -0.380. The third-order valence-corrected chi connectivity index (χ3v) is 5.25. The van der Waals surface area contributed by atoms with Gasteiger partial charge in [-0.05, 0) is 48.9 Å². The standard InChI is InChI=1S/C26H20FN3O3/c1-17-7-12-23-22(13-17)24(31)26(25(33-23)19-8-10-20(27)11-9-19)32-16-21-15-30(29-28-21)14-18-5-3-2-4-6-18/h2-13,15H,14,16H2,1H3. The molecule has 6 nitrogen and oxygen atoms in total. The first-order chi connectivity index (χ1) is 16.1. The zero-order chi connectivity index (χ0) is 22.8. The number of aryl methyl sites for hydroxylation is 1. The van der Waals surface area contributed by atoms with Crippen LogP contribution in [0.1, 0.15) is 16.8 Å². The fraction of sp³-hybridized carbons (Fsp3) is 0.115. The van der Waals surface area contributed by atoms with Gasteiger partial charge in [-0.25, -0.2) is 9.07 Å². The van der Waals surface area contributed by atoms with E-state index >= 15 is 0 Å². The van der Waals surface area contributed by atoms with Crippen molar-refractivity contribution in [2.45, 2.75) is 20.1 Å². The number of hydrogen-bond acceptors (Lipinski definition) is 5. The van der Waals surface area contributed by atoms with E-state index < -0.39 is 0 Å². The van der Waals surface area contributed by atoms with E-state index in [9.17, 15) is 9.18 Å². The molecule has 0 fully saturated rings. The summed E-state index contributed by atoms with van der Waals surface area (Å²) in [6.07, 6.45) is 1.78. The van der Waals surface area contributed by atoms with Crippen LogP contribution in [0, 0.1) is 12.7 Å². The summed E-state index contributed by atoms with van der Waals surface area (Å²) in [5.74, 6) is -0.0830. The molecule has 164 valence electrons. The Bertz CT molecular complexity index is 1470. The van der Waals surface area contributed by atoms with Crippen molar-refractivity contribution in [1.29, 1.82) is 0 Å². The highest BCUT2D eigenvalue weighted by atomic mass is 19.1. The number of hydrogen-bond donors (Lipinski definition) is 0. The second-order valence-electron chi connectivity index (χ2n) is 7.78. The quantitative estimate of drug-likeness (QED) is 0.366. The van der Waals surface area contributed by atoms with E-state index in [2.05, 4.69) is 10.3 Å². The number of aromatic nitrogens is 3. The van der Waals surface area contributed by atoms with E-state index in [4.69, 9.17) is 9.15 Å². The second kappa shape index (κ2) is 8.70. The smallest absolute Gasteiger partial charge is 0.235 e. The number of nitrogens with zero attached hydrogens (tertiary/aromatic N) is 3. The molecule has 2 aromatic heterocycles. The topological polar surface area (TPSA) is 70.2 Å². The van der Waals surface area contributed by atoms with Crippen molar-refractivity contribution in [3.8, 4) is 17.1 Å². The molecular weight excluding hydrogens is 421 g/mol. The van der Waals surface area contributed by atoms with Crippen molar-refractivity contribution >= 4 is 11.0 Å². The molecule has 0 N–H and O–H groups in total. The minimum absolute atomic E-state index is 0.0328. The first kappa shape index (κ1) is 20.6. The number of benzene rings is 3. The molecular formula is C26H20FN3O3. The highest BCUT2D eigenvalue weighted by Crippen LogP contribution is 2.31. The molecule has 0 aliphatic rings. The van der Waals surface area contributed by atoms with Crippen molar-refractivity contribution in [2.75, 3.05) is 0 Å². The lowest BCUT2D eigenvalue weighted by Crippen LogP contribution is -2.10. The van der Waals surface area contributed by atoms with Gasteiger partial charge in [0.1, 0.15) is 23.7 Å². The molecule has 0 amide bonds. The van der Waals surface area contributed by atoms with Crippen LogP contribution >= 0.6 is 0 Å². The summed E-state index contributed by atoms with van der Waals surface area (Å²) in [5.41, 5.74) is 3.28. The van der Waals surface area contributed by atoms with E-state index in [0.717, 1.165) is 11.1 Å². The maximum absolute atomic E-state index is 13.5. The van der Waals surface area contributed by atoms with E-state index in [1.165, 1.54) is 12.1 Å². The molecule has 0 saturated carbocycles. The van der Waals surface area contributed by atoms with Gasteiger partial charge in [0, 0.05) is 5.56 Å². The van der Waals surface area contributed by atoms with Gasteiger partial charge >= 0.3 is 0 Å². The van der Waals surface area contributed by atoms with E-state index in [-0.39, 0.29) is 29.4 Å². The maximum atomic E-state index is 13.5. The number of ether oxygens (including phenoxy) is 1. The lowest BCUT2D eigenvalue weighted by molar-refractivity contribution is 0.293. The molecule has 5 aromatic rings. The Morgan fingerprint density at radius 2 is 1.82 bits per heavy atom. The predicted octanol–water partition coefficient (Wildman–Crippen LogP) is 5.13. The summed E-state index contributed by atoms with van der Waals surface area (Å²) in [5, 5.41) is 8.71. The summed E-state index contributed by atoms with van der Waals surface area (Å²) < 4.78 is 27.1. The molecule has 0 aliphatic heterocycles. The van der Waals surface area contributed by atoms with Crippen molar-refractivity contribution in [3.05, 3.63) is 112 Å². The Hall–Kier alpha value is -4.26. The molecule has 33 heavy (non-hydrogen) atoms. The SMILES string of the molecule is Cc1ccc2oc(-c3ccc(F)cc3)c(OCc3cn(Cc4ccccc4)nn3)c(=O)c2c1. The number of fused-ring (bicyclic) bond motifs is 1. The number of halogens is 1. The first-order valence-electron chi connectivity index (χ1n) is 10.5. The summed E-state index contributed by atoms with van der Waals surface area (Å²) in [4.78, 5) is 13.3. The van der Waals surface area contributed by atoms with Crippen molar-refractivity contribution in [3.63, 3.8) is 0 Å². The third kappa shape index (κ3) is 4.39. The molecule has 0 spiro atoms. The number of rotatable bonds is 6. The molecule has 2 heterocycles. The van der Waals surface area contributed by atoms with Crippen LogP contribution in [0.15, 0.2) is 88.2 Å². The van der Waals surface area contributed by atoms with Gasteiger partial charge < -0.3 is 9.15 Å². The van der Waals surface area contributed by atoms with E-state index in [0.29, 0.717) is 28.8 Å². The van der Waals surface area contributed by atoms with Gasteiger partial charge in [-0.3, -0.25) is 4.79 Å². The Labute approximate surface area is 188 Å². The summed E-state index contributed by atoms with van der Waals surface area (Å²) in [6.45, 7) is 2.51. The third-order valence-electron chi connectivity index (χ3n) is 5.25. The largest absolute Gasteiger partial charge is 0.480 e. The van der Waals surface area contributed by atoms with Crippen LogP contribution in [0.4, 0.5) is 4.39 Å². The van der Waals surface area contributed by atoms with Crippen LogP contribution in [0.5, 0.6) is 5.75 Å². The molecule has 5 rings (SSSR count). The van der Waals surface area contributed by atoms with Crippen LogP contribution in [0.2, 0.25) is 0 Å². The molecule has 3 aromatic carbocycles. The predicted molar refractivity (Wildman–Crippen MR) is 123 cm³/mol. The normalized spacial score (nSPS) is 11.1. The summed E-state index contributed by atoms with van der Waals surface area (Å²) in [7, 11) is 0. The Kier molecular flexibility index (Phi) is 5.44. The molecule has 0 bridgehead atoms. The van der Waals surface area contributed by atoms with Crippen LogP contribution in [0.25, 0.3) is 22.3 Å². The fourth-order valence-electron chi connectivity index (χ4n) is 3.61. The molecule has 0 atom stereocenters. The van der Waals surface area contributed by atoms with E-state index in [1.54, 1.807) is 35.1 Å². The van der Waals surface area contributed by atoms with Gasteiger partial charge in [0.15, 0.2) is 5.76 Å². The van der Waals surface area contributed by atoms with Gasteiger partial charge in [-0.2, -0.15) is 0 Å². The maximum Gasteiger partial charge on any atom is 0.235 e. The molecule has 0 saturated heterocycles. The molecule has 0 unspecified atom stereocenters. The highest BCUT2D eigenvalue weighted by molar-refractivity contribution is 5.82. The fourth-order valence-corrected chi connectivity index (χ4v) is 3.61.